The van der Waals surface area contributed by atoms with Crippen molar-refractivity contribution < 1.29 is 18.8 Å². The van der Waals surface area contributed by atoms with Crippen LogP contribution >= 0.6 is 0 Å². The van der Waals surface area contributed by atoms with Crippen molar-refractivity contribution in [3.05, 3.63) is 59.5 Å². The molecule has 35 heavy (non-hydrogen) atoms. The minimum absolute atomic E-state index is 0.0727. The number of rotatable bonds is 6. The zero-order valence-electron chi connectivity index (χ0n) is 19.4. The van der Waals surface area contributed by atoms with Crippen molar-refractivity contribution in [3.8, 4) is 17.1 Å². The first-order chi connectivity index (χ1) is 17.0. The molecule has 0 unspecified atom stereocenters. The Labute approximate surface area is 201 Å². The Morgan fingerprint density at radius 1 is 1.06 bits per heavy atom. The zero-order chi connectivity index (χ0) is 24.1. The summed E-state index contributed by atoms with van der Waals surface area (Å²) >= 11 is 0. The molecule has 2 atom stereocenters. The zero-order valence-corrected chi connectivity index (χ0v) is 19.4. The maximum atomic E-state index is 13.3. The van der Waals surface area contributed by atoms with E-state index in [1.165, 1.54) is 21.0 Å². The molecule has 10 nitrogen and oxygen atoms in total. The van der Waals surface area contributed by atoms with Crippen molar-refractivity contribution in [1.82, 2.24) is 15.1 Å². The summed E-state index contributed by atoms with van der Waals surface area (Å²) in [6.45, 7) is 4.00. The van der Waals surface area contributed by atoms with Gasteiger partial charge in [-0.05, 0) is 80.6 Å². The van der Waals surface area contributed by atoms with Crippen molar-refractivity contribution in [2.45, 2.75) is 57.8 Å². The standard InChI is InChI=1S/C25H24N6O4/c1-14(2)34-19-10-7-16(8-11-19)23-26-20(35-28-23)13-30-22-21(27-29-30)24(32)31(25(22)33)18-9-6-15-4-3-5-17(15)12-18/h6-12,14,21-22H,3-5,13H2,1-2H3/t21-,22-/m1/s1. The third-order valence-corrected chi connectivity index (χ3v) is 6.45. The average molecular weight is 473 g/mol. The van der Waals surface area contributed by atoms with Crippen molar-refractivity contribution in [3.63, 3.8) is 0 Å². The van der Waals surface area contributed by atoms with Crippen LogP contribution in [0.3, 0.4) is 0 Å². The van der Waals surface area contributed by atoms with E-state index in [2.05, 4.69) is 20.5 Å². The summed E-state index contributed by atoms with van der Waals surface area (Å²) in [6.07, 6.45) is 3.17. The quantitative estimate of drug-likeness (QED) is 0.505. The largest absolute Gasteiger partial charge is 0.491 e. The van der Waals surface area contributed by atoms with E-state index in [9.17, 15) is 9.59 Å². The Morgan fingerprint density at radius 2 is 1.86 bits per heavy atom. The minimum Gasteiger partial charge on any atom is -0.491 e. The number of ether oxygens (including phenoxy) is 1. The van der Waals surface area contributed by atoms with E-state index in [1.807, 2.05) is 56.3 Å². The molecule has 10 heteroatoms. The number of aromatic nitrogens is 2. The van der Waals surface area contributed by atoms with Gasteiger partial charge in [0.25, 0.3) is 11.8 Å². The van der Waals surface area contributed by atoms with Gasteiger partial charge in [0.2, 0.25) is 11.7 Å². The third-order valence-electron chi connectivity index (χ3n) is 6.45. The van der Waals surface area contributed by atoms with Crippen LogP contribution in [0.15, 0.2) is 57.3 Å². The third kappa shape index (κ3) is 3.74. The van der Waals surface area contributed by atoms with Gasteiger partial charge in [0.1, 0.15) is 12.3 Å². The number of imide groups is 1. The van der Waals surface area contributed by atoms with E-state index in [1.54, 1.807) is 0 Å². The number of aryl methyl sites for hydroxylation is 2. The second-order valence-corrected chi connectivity index (χ2v) is 9.21. The lowest BCUT2D eigenvalue weighted by atomic mass is 10.1. The Balaban J connectivity index is 1.18. The highest BCUT2D eigenvalue weighted by molar-refractivity contribution is 6.25. The molecule has 3 aromatic rings. The van der Waals surface area contributed by atoms with Gasteiger partial charge in [-0.2, -0.15) is 10.1 Å². The van der Waals surface area contributed by atoms with Crippen molar-refractivity contribution in [2.75, 3.05) is 4.90 Å². The molecule has 2 aromatic carbocycles. The lowest BCUT2D eigenvalue weighted by Crippen LogP contribution is -2.39. The molecule has 3 heterocycles. The molecule has 6 rings (SSSR count). The molecule has 2 aliphatic heterocycles. The first-order valence-corrected chi connectivity index (χ1v) is 11.7. The Bertz CT molecular complexity index is 1330. The maximum absolute atomic E-state index is 13.3. The number of hydrogen-bond acceptors (Lipinski definition) is 9. The van der Waals surface area contributed by atoms with Gasteiger partial charge in [0.05, 0.1) is 11.8 Å². The number of anilines is 1. The van der Waals surface area contributed by atoms with Gasteiger partial charge in [0.15, 0.2) is 12.1 Å². The van der Waals surface area contributed by atoms with Crippen LogP contribution in [0, 0.1) is 0 Å². The van der Waals surface area contributed by atoms with E-state index in [0.717, 1.165) is 30.6 Å². The number of hydrogen-bond donors (Lipinski definition) is 0. The molecular formula is C25H24N6O4. The van der Waals surface area contributed by atoms with Crippen LogP contribution in [0.4, 0.5) is 5.69 Å². The van der Waals surface area contributed by atoms with E-state index in [-0.39, 0.29) is 30.4 Å². The topological polar surface area (TPSA) is 113 Å². The van der Waals surface area contributed by atoms with E-state index in [4.69, 9.17) is 9.26 Å². The highest BCUT2D eigenvalue weighted by Gasteiger charge is 2.55. The van der Waals surface area contributed by atoms with Crippen molar-refractivity contribution in [2.24, 2.45) is 10.3 Å². The van der Waals surface area contributed by atoms with Gasteiger partial charge in [-0.3, -0.25) is 14.6 Å². The molecule has 0 bridgehead atoms. The van der Waals surface area contributed by atoms with Crippen LogP contribution < -0.4 is 9.64 Å². The molecular weight excluding hydrogens is 448 g/mol. The van der Waals surface area contributed by atoms with Gasteiger partial charge in [-0.25, -0.2) is 4.90 Å². The molecule has 1 aliphatic carbocycles. The molecule has 0 radical (unpaired) electrons. The number of carbonyl (C=O) groups is 2. The van der Waals surface area contributed by atoms with Crippen LogP contribution in [-0.2, 0) is 29.0 Å². The smallest absolute Gasteiger partial charge is 0.263 e. The molecule has 0 N–H and O–H groups in total. The molecule has 1 saturated heterocycles. The van der Waals surface area contributed by atoms with Gasteiger partial charge >= 0.3 is 0 Å². The highest BCUT2D eigenvalue weighted by Crippen LogP contribution is 2.35. The normalized spacial score (nSPS) is 20.8. The summed E-state index contributed by atoms with van der Waals surface area (Å²) in [5, 5.41) is 13.7. The predicted octanol–water partition coefficient (Wildman–Crippen LogP) is 3.51. The van der Waals surface area contributed by atoms with E-state index >= 15 is 0 Å². The Morgan fingerprint density at radius 3 is 2.66 bits per heavy atom. The first kappa shape index (κ1) is 21.5. The number of amides is 2. The second-order valence-electron chi connectivity index (χ2n) is 9.21. The summed E-state index contributed by atoms with van der Waals surface area (Å²) in [4.78, 5) is 32.0. The summed E-state index contributed by atoms with van der Waals surface area (Å²) in [7, 11) is 0. The fourth-order valence-corrected chi connectivity index (χ4v) is 4.84. The molecule has 1 fully saturated rings. The fraction of sp³-hybridized carbons (Fsp3) is 0.360. The van der Waals surface area contributed by atoms with E-state index in [0.29, 0.717) is 11.5 Å². The SMILES string of the molecule is CC(C)Oc1ccc(-c2noc(CN3N=N[C@H]4C(=O)N(c5ccc6c(c5)CCC6)C(=O)[C@@H]43)n2)cc1. The van der Waals surface area contributed by atoms with Crippen LogP contribution in [0.5, 0.6) is 5.75 Å². The van der Waals surface area contributed by atoms with Crippen molar-refractivity contribution in [1.29, 1.82) is 0 Å². The van der Waals surface area contributed by atoms with Crippen molar-refractivity contribution >= 4 is 17.5 Å². The minimum atomic E-state index is -0.869. The Kier molecular flexibility index (Phi) is 5.09. The van der Waals surface area contributed by atoms with Gasteiger partial charge in [-0.1, -0.05) is 16.4 Å². The van der Waals surface area contributed by atoms with Crippen LogP contribution in [-0.4, -0.2) is 45.2 Å². The summed E-state index contributed by atoms with van der Waals surface area (Å²) in [5.41, 5.74) is 3.84. The number of benzene rings is 2. The van der Waals surface area contributed by atoms with Crippen LogP contribution in [0.1, 0.15) is 37.3 Å². The molecule has 1 aromatic heterocycles. The highest BCUT2D eigenvalue weighted by atomic mass is 16.5. The van der Waals surface area contributed by atoms with Gasteiger partial charge in [-0.15, -0.1) is 0 Å². The average Bonchev–Trinajstić information content (AvgIpc) is 3.61. The number of nitrogens with zero attached hydrogens (tertiary/aromatic N) is 6. The van der Waals surface area contributed by atoms with Gasteiger partial charge in [0, 0.05) is 5.56 Å². The molecule has 178 valence electrons. The Hall–Kier alpha value is -4.08. The summed E-state index contributed by atoms with van der Waals surface area (Å²) in [5.74, 6) is 0.742. The fourth-order valence-electron chi connectivity index (χ4n) is 4.84. The molecule has 3 aliphatic rings. The monoisotopic (exact) mass is 472 g/mol. The number of fused-ring (bicyclic) bond motifs is 2. The second kappa shape index (κ2) is 8.30. The lowest BCUT2D eigenvalue weighted by molar-refractivity contribution is -0.123. The molecule has 2 amide bonds. The van der Waals surface area contributed by atoms with E-state index < -0.39 is 12.1 Å². The molecule has 0 saturated carbocycles. The molecule has 0 spiro atoms. The first-order valence-electron chi connectivity index (χ1n) is 11.7. The summed E-state index contributed by atoms with van der Waals surface area (Å²) in [6, 6.07) is 11.5. The predicted molar refractivity (Wildman–Crippen MR) is 124 cm³/mol. The lowest BCUT2D eigenvalue weighted by Gasteiger charge is -2.19. The van der Waals surface area contributed by atoms with Gasteiger partial charge < -0.3 is 9.26 Å². The summed E-state index contributed by atoms with van der Waals surface area (Å²) < 4.78 is 11.1. The van der Waals surface area contributed by atoms with Crippen LogP contribution in [0.2, 0.25) is 0 Å². The number of carbonyl (C=O) groups excluding carboxylic acids is 2. The maximum Gasteiger partial charge on any atom is 0.263 e. The van der Waals surface area contributed by atoms with Crippen LogP contribution in [0.25, 0.3) is 11.4 Å².